The summed E-state index contributed by atoms with van der Waals surface area (Å²) in [6, 6.07) is 0. The second-order valence-corrected chi connectivity index (χ2v) is 7.02. The zero-order valence-corrected chi connectivity index (χ0v) is 13.5. The highest BCUT2D eigenvalue weighted by atomic mass is 79.9. The van der Waals surface area contributed by atoms with Crippen molar-refractivity contribution in [3.05, 3.63) is 21.0 Å². The molecule has 0 amide bonds. The Morgan fingerprint density at radius 1 is 1.48 bits per heavy atom. The molecular formula is C12H15BrF3N3OS. The lowest BCUT2D eigenvalue weighted by Gasteiger charge is -2.22. The number of hydrogen-bond donors (Lipinski definition) is 1. The molecule has 0 radical (unpaired) electrons. The number of nitrogens with zero attached hydrogens (tertiary/aromatic N) is 2. The minimum absolute atomic E-state index is 0.0857. The summed E-state index contributed by atoms with van der Waals surface area (Å²) in [5.41, 5.74) is -0.349. The molecule has 4 nitrogen and oxygen atoms in total. The van der Waals surface area contributed by atoms with Crippen molar-refractivity contribution in [3.63, 3.8) is 0 Å². The van der Waals surface area contributed by atoms with Crippen LogP contribution in [-0.4, -0.2) is 33.5 Å². The highest BCUT2D eigenvalue weighted by Gasteiger charge is 2.29. The van der Waals surface area contributed by atoms with E-state index in [2.05, 4.69) is 26.3 Å². The van der Waals surface area contributed by atoms with E-state index in [9.17, 15) is 18.0 Å². The predicted octanol–water partition coefficient (Wildman–Crippen LogP) is 3.27. The first-order chi connectivity index (χ1) is 9.87. The number of nitrogens with one attached hydrogen (secondary N) is 1. The van der Waals surface area contributed by atoms with Crippen LogP contribution in [0.25, 0.3) is 0 Å². The largest absolute Gasteiger partial charge is 0.408 e. The number of alkyl halides is 3. The van der Waals surface area contributed by atoms with Gasteiger partial charge in [0, 0.05) is 11.8 Å². The maximum atomic E-state index is 12.3. The molecule has 118 valence electrons. The van der Waals surface area contributed by atoms with Gasteiger partial charge in [0.25, 0.3) is 5.56 Å². The number of hydrogen-bond acceptors (Lipinski definition) is 4. The predicted molar refractivity (Wildman–Crippen MR) is 80.8 cm³/mol. The fourth-order valence-electron chi connectivity index (χ4n) is 2.06. The van der Waals surface area contributed by atoms with Crippen molar-refractivity contribution in [3.8, 4) is 0 Å². The topological polar surface area (TPSA) is 46.9 Å². The second kappa shape index (κ2) is 7.04. The zero-order chi connectivity index (χ0) is 15.5. The highest BCUT2D eigenvalue weighted by molar-refractivity contribution is 9.10. The van der Waals surface area contributed by atoms with E-state index >= 15 is 0 Å². The smallest absolute Gasteiger partial charge is 0.382 e. The van der Waals surface area contributed by atoms with Crippen molar-refractivity contribution in [2.45, 2.75) is 37.2 Å². The molecule has 1 N–H and O–H groups in total. The van der Waals surface area contributed by atoms with E-state index in [1.54, 1.807) is 0 Å². The number of halogens is 4. The molecule has 0 saturated carbocycles. The molecule has 1 unspecified atom stereocenters. The summed E-state index contributed by atoms with van der Waals surface area (Å²) in [7, 11) is 0. The van der Waals surface area contributed by atoms with Crippen LogP contribution in [0.3, 0.4) is 0 Å². The number of rotatable bonds is 4. The third-order valence-corrected chi connectivity index (χ3v) is 5.27. The third-order valence-electron chi connectivity index (χ3n) is 3.11. The summed E-state index contributed by atoms with van der Waals surface area (Å²) in [5.74, 6) is 1.12. The Labute approximate surface area is 132 Å². The summed E-state index contributed by atoms with van der Waals surface area (Å²) in [6.45, 7) is -0.711. The van der Waals surface area contributed by atoms with Crippen LogP contribution in [0.15, 0.2) is 15.5 Å². The monoisotopic (exact) mass is 385 g/mol. The molecule has 1 atom stereocenters. The standard InChI is InChI=1S/C12H15BrF3N3OS/c13-10-9(17-5-8-3-1-2-4-21-8)6-18-19(11(10)20)7-12(14,15)16/h6,8,17H,1-5,7H2. The Bertz CT molecular complexity index is 544. The lowest BCUT2D eigenvalue weighted by Crippen LogP contribution is -2.31. The SMILES string of the molecule is O=c1c(Br)c(NCC2CCCCS2)cnn1CC(F)(F)F. The van der Waals surface area contributed by atoms with Crippen LogP contribution in [-0.2, 0) is 6.54 Å². The van der Waals surface area contributed by atoms with Crippen molar-refractivity contribution < 1.29 is 13.2 Å². The fraction of sp³-hybridized carbons (Fsp3) is 0.667. The van der Waals surface area contributed by atoms with Crippen molar-refractivity contribution in [2.75, 3.05) is 17.6 Å². The van der Waals surface area contributed by atoms with Gasteiger partial charge in [0.1, 0.15) is 11.0 Å². The van der Waals surface area contributed by atoms with E-state index in [0.717, 1.165) is 12.2 Å². The molecule has 1 aromatic heterocycles. The average Bonchev–Trinajstić information content (AvgIpc) is 2.43. The Kier molecular flexibility index (Phi) is 5.59. The number of anilines is 1. The van der Waals surface area contributed by atoms with Crippen LogP contribution in [0.1, 0.15) is 19.3 Å². The van der Waals surface area contributed by atoms with Gasteiger partial charge in [-0.2, -0.15) is 30.0 Å². The highest BCUT2D eigenvalue weighted by Crippen LogP contribution is 2.26. The molecule has 1 aromatic rings. The molecule has 0 spiro atoms. The van der Waals surface area contributed by atoms with E-state index in [4.69, 9.17) is 0 Å². The van der Waals surface area contributed by atoms with Crippen LogP contribution in [0, 0.1) is 0 Å². The fourth-order valence-corrected chi connectivity index (χ4v) is 3.75. The van der Waals surface area contributed by atoms with E-state index in [1.165, 1.54) is 19.0 Å². The summed E-state index contributed by atoms with van der Waals surface area (Å²) in [4.78, 5) is 11.8. The van der Waals surface area contributed by atoms with Crippen LogP contribution in [0.5, 0.6) is 0 Å². The first kappa shape index (κ1) is 16.7. The molecule has 2 heterocycles. The molecule has 1 saturated heterocycles. The third kappa shape index (κ3) is 4.91. The first-order valence-corrected chi connectivity index (χ1v) is 8.39. The normalized spacial score (nSPS) is 19.5. The van der Waals surface area contributed by atoms with Crippen molar-refractivity contribution >= 4 is 33.4 Å². The molecular weight excluding hydrogens is 371 g/mol. The molecule has 1 aliphatic rings. The summed E-state index contributed by atoms with van der Waals surface area (Å²) < 4.78 is 37.4. The van der Waals surface area contributed by atoms with Gasteiger partial charge in [0.05, 0.1) is 11.9 Å². The number of aromatic nitrogens is 2. The minimum atomic E-state index is -4.47. The maximum absolute atomic E-state index is 12.3. The molecule has 1 fully saturated rings. The van der Waals surface area contributed by atoms with E-state index in [0.29, 0.717) is 22.2 Å². The second-order valence-electron chi connectivity index (χ2n) is 4.82. The van der Waals surface area contributed by atoms with Crippen LogP contribution in [0.2, 0.25) is 0 Å². The Balaban J connectivity index is 2.04. The molecule has 0 aliphatic carbocycles. The van der Waals surface area contributed by atoms with Gasteiger partial charge in [-0.1, -0.05) is 6.42 Å². The van der Waals surface area contributed by atoms with E-state index in [1.807, 2.05) is 11.8 Å². The summed E-state index contributed by atoms with van der Waals surface area (Å²) in [6.07, 6.45) is 0.300. The van der Waals surface area contributed by atoms with Crippen molar-refractivity contribution in [2.24, 2.45) is 0 Å². The van der Waals surface area contributed by atoms with Gasteiger partial charge in [0.15, 0.2) is 0 Å². The van der Waals surface area contributed by atoms with Gasteiger partial charge < -0.3 is 5.32 Å². The van der Waals surface area contributed by atoms with Crippen molar-refractivity contribution in [1.82, 2.24) is 9.78 Å². The summed E-state index contributed by atoms with van der Waals surface area (Å²) in [5, 5.41) is 7.12. The Hall–Kier alpha value is -0.700. The molecule has 0 bridgehead atoms. The van der Waals surface area contributed by atoms with E-state index in [-0.39, 0.29) is 4.47 Å². The first-order valence-electron chi connectivity index (χ1n) is 6.54. The number of thioether (sulfide) groups is 1. The van der Waals surface area contributed by atoms with Crippen LogP contribution < -0.4 is 10.9 Å². The van der Waals surface area contributed by atoms with Gasteiger partial charge in [-0.15, -0.1) is 0 Å². The Morgan fingerprint density at radius 3 is 2.86 bits per heavy atom. The molecule has 2 rings (SSSR count). The molecule has 9 heteroatoms. The van der Waals surface area contributed by atoms with Crippen LogP contribution >= 0.6 is 27.7 Å². The minimum Gasteiger partial charge on any atom is -0.382 e. The Morgan fingerprint density at radius 2 is 2.24 bits per heavy atom. The maximum Gasteiger partial charge on any atom is 0.408 e. The van der Waals surface area contributed by atoms with Crippen LogP contribution in [0.4, 0.5) is 18.9 Å². The van der Waals surface area contributed by atoms with Gasteiger partial charge in [-0.25, -0.2) is 4.68 Å². The lowest BCUT2D eigenvalue weighted by molar-refractivity contribution is -0.143. The summed E-state index contributed by atoms with van der Waals surface area (Å²) >= 11 is 4.93. The average molecular weight is 386 g/mol. The van der Waals surface area contributed by atoms with Crippen molar-refractivity contribution in [1.29, 1.82) is 0 Å². The van der Waals surface area contributed by atoms with Gasteiger partial charge in [-0.3, -0.25) is 4.79 Å². The van der Waals surface area contributed by atoms with Gasteiger partial charge in [-0.05, 0) is 34.5 Å². The quantitative estimate of drug-likeness (QED) is 0.863. The van der Waals surface area contributed by atoms with Gasteiger partial charge >= 0.3 is 6.18 Å². The molecule has 0 aromatic carbocycles. The van der Waals surface area contributed by atoms with E-state index < -0.39 is 18.3 Å². The zero-order valence-electron chi connectivity index (χ0n) is 11.1. The van der Waals surface area contributed by atoms with Gasteiger partial charge in [0.2, 0.25) is 0 Å². The molecule has 21 heavy (non-hydrogen) atoms. The molecule has 1 aliphatic heterocycles. The lowest BCUT2D eigenvalue weighted by atomic mass is 10.2.